The maximum Gasteiger partial charge on any atom is 0.0743 e. The second kappa shape index (κ2) is 4.96. The Kier molecular flexibility index (Phi) is 3.57. The van der Waals surface area contributed by atoms with E-state index in [4.69, 9.17) is 5.73 Å². The molecule has 3 nitrogen and oxygen atoms in total. The van der Waals surface area contributed by atoms with E-state index in [0.29, 0.717) is 0 Å². The van der Waals surface area contributed by atoms with Crippen LogP contribution in [0.25, 0.3) is 0 Å². The van der Waals surface area contributed by atoms with Crippen LogP contribution >= 0.6 is 0 Å². The molecule has 1 aromatic rings. The lowest BCUT2D eigenvalue weighted by molar-refractivity contribution is 0.106. The highest BCUT2D eigenvalue weighted by Gasteiger charge is 2.27. The standard InChI is InChI=1S/C14H22N2O/c1-10-11(15)6-5-8-12(10)16(2)13-7-3-4-9-14(13)17/h5-6,8,13-14,17H,3-4,7,9,15H2,1-2H3. The quantitative estimate of drug-likeness (QED) is 0.772. The van der Waals surface area contributed by atoms with Gasteiger partial charge in [-0.15, -0.1) is 0 Å². The van der Waals surface area contributed by atoms with Crippen LogP contribution in [0, 0.1) is 6.92 Å². The van der Waals surface area contributed by atoms with Gasteiger partial charge in [0, 0.05) is 18.4 Å². The molecule has 0 saturated heterocycles. The first-order chi connectivity index (χ1) is 8.11. The van der Waals surface area contributed by atoms with Crippen molar-refractivity contribution in [2.24, 2.45) is 0 Å². The zero-order valence-corrected chi connectivity index (χ0v) is 10.7. The average molecular weight is 234 g/mol. The molecule has 1 saturated carbocycles. The van der Waals surface area contributed by atoms with Crippen LogP contribution in [0.4, 0.5) is 11.4 Å². The van der Waals surface area contributed by atoms with Crippen LogP contribution in [-0.2, 0) is 0 Å². The molecule has 0 amide bonds. The van der Waals surface area contributed by atoms with Crippen LogP contribution in [0.5, 0.6) is 0 Å². The zero-order chi connectivity index (χ0) is 12.4. The van der Waals surface area contributed by atoms with Crippen molar-refractivity contribution in [3.05, 3.63) is 23.8 Å². The number of benzene rings is 1. The molecule has 3 heteroatoms. The van der Waals surface area contributed by atoms with E-state index in [1.165, 1.54) is 6.42 Å². The number of hydrogen-bond donors (Lipinski definition) is 2. The molecule has 3 N–H and O–H groups in total. The van der Waals surface area contributed by atoms with E-state index in [2.05, 4.69) is 18.0 Å². The number of nitrogen functional groups attached to an aromatic ring is 1. The van der Waals surface area contributed by atoms with Gasteiger partial charge in [0.25, 0.3) is 0 Å². The Hall–Kier alpha value is -1.22. The van der Waals surface area contributed by atoms with E-state index in [1.807, 2.05) is 19.1 Å². The molecule has 0 spiro atoms. The van der Waals surface area contributed by atoms with E-state index < -0.39 is 0 Å². The van der Waals surface area contributed by atoms with Crippen LogP contribution in [0.2, 0.25) is 0 Å². The summed E-state index contributed by atoms with van der Waals surface area (Å²) in [4.78, 5) is 2.19. The van der Waals surface area contributed by atoms with Crippen molar-refractivity contribution in [3.8, 4) is 0 Å². The van der Waals surface area contributed by atoms with Gasteiger partial charge in [-0.25, -0.2) is 0 Å². The third kappa shape index (κ3) is 2.39. The first-order valence-electron chi connectivity index (χ1n) is 6.37. The molecule has 0 aliphatic heterocycles. The molecule has 0 radical (unpaired) electrons. The summed E-state index contributed by atoms with van der Waals surface area (Å²) in [6.07, 6.45) is 4.10. The van der Waals surface area contributed by atoms with Gasteiger partial charge < -0.3 is 15.7 Å². The van der Waals surface area contributed by atoms with Crippen molar-refractivity contribution in [2.75, 3.05) is 17.7 Å². The Morgan fingerprint density at radius 1 is 1.29 bits per heavy atom. The summed E-state index contributed by atoms with van der Waals surface area (Å²) in [7, 11) is 2.06. The van der Waals surface area contributed by atoms with E-state index in [-0.39, 0.29) is 12.1 Å². The van der Waals surface area contributed by atoms with Gasteiger partial charge in [0.05, 0.1) is 12.1 Å². The minimum absolute atomic E-state index is 0.213. The van der Waals surface area contributed by atoms with Crippen LogP contribution in [0.15, 0.2) is 18.2 Å². The molecule has 1 aromatic carbocycles. The molecular formula is C14H22N2O. The largest absolute Gasteiger partial charge is 0.398 e. The number of aliphatic hydroxyl groups is 1. The summed E-state index contributed by atoms with van der Waals surface area (Å²) >= 11 is 0. The topological polar surface area (TPSA) is 49.5 Å². The number of nitrogens with zero attached hydrogens (tertiary/aromatic N) is 1. The summed E-state index contributed by atoms with van der Waals surface area (Å²) in [6, 6.07) is 6.20. The zero-order valence-electron chi connectivity index (χ0n) is 10.7. The minimum atomic E-state index is -0.213. The maximum absolute atomic E-state index is 10.1. The monoisotopic (exact) mass is 234 g/mol. The molecule has 94 valence electrons. The molecule has 17 heavy (non-hydrogen) atoms. The molecule has 2 unspecified atom stereocenters. The van der Waals surface area contributed by atoms with Crippen LogP contribution in [0.3, 0.4) is 0 Å². The predicted octanol–water partition coefficient (Wildman–Crippen LogP) is 2.32. The first kappa shape index (κ1) is 12.2. The van der Waals surface area contributed by atoms with E-state index in [9.17, 15) is 5.11 Å². The van der Waals surface area contributed by atoms with Gasteiger partial charge in [-0.1, -0.05) is 18.9 Å². The molecule has 2 atom stereocenters. The minimum Gasteiger partial charge on any atom is -0.398 e. The van der Waals surface area contributed by atoms with Crippen molar-refractivity contribution in [2.45, 2.75) is 44.8 Å². The number of anilines is 2. The Morgan fingerprint density at radius 2 is 2.00 bits per heavy atom. The lowest BCUT2D eigenvalue weighted by Gasteiger charge is -2.37. The first-order valence-corrected chi connectivity index (χ1v) is 6.37. The Morgan fingerprint density at radius 3 is 2.71 bits per heavy atom. The Labute approximate surface area is 103 Å². The molecule has 1 aliphatic rings. The van der Waals surface area contributed by atoms with Crippen molar-refractivity contribution in [1.82, 2.24) is 0 Å². The SMILES string of the molecule is Cc1c(N)cccc1N(C)C1CCCCC1O. The van der Waals surface area contributed by atoms with Gasteiger partial charge in [-0.05, 0) is 37.5 Å². The molecular weight excluding hydrogens is 212 g/mol. The van der Waals surface area contributed by atoms with Crippen molar-refractivity contribution < 1.29 is 5.11 Å². The highest BCUT2D eigenvalue weighted by molar-refractivity contribution is 5.64. The van der Waals surface area contributed by atoms with Crippen molar-refractivity contribution in [3.63, 3.8) is 0 Å². The maximum atomic E-state index is 10.1. The lowest BCUT2D eigenvalue weighted by atomic mass is 9.91. The number of aliphatic hydroxyl groups excluding tert-OH is 1. The number of likely N-dealkylation sites (N-methyl/N-ethyl adjacent to an activating group) is 1. The summed E-state index contributed by atoms with van der Waals surface area (Å²) < 4.78 is 0. The fraction of sp³-hybridized carbons (Fsp3) is 0.571. The molecule has 1 aliphatic carbocycles. The Balaban J connectivity index is 2.23. The smallest absolute Gasteiger partial charge is 0.0743 e. The highest BCUT2D eigenvalue weighted by atomic mass is 16.3. The number of rotatable bonds is 2. The third-order valence-corrected chi connectivity index (χ3v) is 3.92. The second-order valence-corrected chi connectivity index (χ2v) is 5.02. The predicted molar refractivity (Wildman–Crippen MR) is 72.3 cm³/mol. The van der Waals surface area contributed by atoms with Gasteiger partial charge in [0.1, 0.15) is 0 Å². The van der Waals surface area contributed by atoms with E-state index in [1.54, 1.807) is 0 Å². The van der Waals surface area contributed by atoms with Gasteiger partial charge in [0.15, 0.2) is 0 Å². The molecule has 2 rings (SSSR count). The molecule has 1 fully saturated rings. The van der Waals surface area contributed by atoms with Crippen LogP contribution < -0.4 is 10.6 Å². The Bertz CT molecular complexity index is 392. The van der Waals surface area contributed by atoms with Gasteiger partial charge in [-0.3, -0.25) is 0 Å². The second-order valence-electron chi connectivity index (χ2n) is 5.02. The van der Waals surface area contributed by atoms with Crippen molar-refractivity contribution in [1.29, 1.82) is 0 Å². The number of hydrogen-bond acceptors (Lipinski definition) is 3. The summed E-state index contributed by atoms with van der Waals surface area (Å²) in [5, 5.41) is 10.1. The summed E-state index contributed by atoms with van der Waals surface area (Å²) in [5.74, 6) is 0. The number of nitrogens with two attached hydrogens (primary N) is 1. The van der Waals surface area contributed by atoms with Crippen molar-refractivity contribution >= 4 is 11.4 Å². The fourth-order valence-electron chi connectivity index (χ4n) is 2.75. The molecule has 0 aromatic heterocycles. The molecule has 0 bridgehead atoms. The normalized spacial score (nSPS) is 24.6. The molecule has 0 heterocycles. The van der Waals surface area contributed by atoms with Crippen LogP contribution in [0.1, 0.15) is 31.2 Å². The van der Waals surface area contributed by atoms with Gasteiger partial charge >= 0.3 is 0 Å². The highest BCUT2D eigenvalue weighted by Crippen LogP contribution is 2.30. The van der Waals surface area contributed by atoms with E-state index in [0.717, 1.165) is 36.2 Å². The average Bonchev–Trinajstić information content (AvgIpc) is 2.32. The lowest BCUT2D eigenvalue weighted by Crippen LogP contribution is -2.43. The fourth-order valence-corrected chi connectivity index (χ4v) is 2.75. The van der Waals surface area contributed by atoms with E-state index >= 15 is 0 Å². The summed E-state index contributed by atoms with van der Waals surface area (Å²) in [6.45, 7) is 2.04. The third-order valence-electron chi connectivity index (χ3n) is 3.92. The van der Waals surface area contributed by atoms with Crippen LogP contribution in [-0.4, -0.2) is 24.3 Å². The van der Waals surface area contributed by atoms with Gasteiger partial charge in [-0.2, -0.15) is 0 Å². The summed E-state index contributed by atoms with van der Waals surface area (Å²) in [5.41, 5.74) is 8.99. The van der Waals surface area contributed by atoms with Gasteiger partial charge in [0.2, 0.25) is 0 Å².